The van der Waals surface area contributed by atoms with Crippen LogP contribution in [0.1, 0.15) is 45.9 Å². The van der Waals surface area contributed by atoms with E-state index in [1.54, 1.807) is 0 Å². The number of nitrogens with zero attached hydrogens (tertiary/aromatic N) is 2. The van der Waals surface area contributed by atoms with E-state index in [1.165, 1.54) is 11.4 Å². The van der Waals surface area contributed by atoms with Gasteiger partial charge >= 0.3 is 0 Å². The highest BCUT2D eigenvalue weighted by Gasteiger charge is 2.27. The Morgan fingerprint density at radius 1 is 1.45 bits per heavy atom. The molecular weight excluding hydrogens is 266 g/mol. The average Bonchev–Trinajstić information content (AvgIpc) is 2.44. The Bertz CT molecular complexity index is 416. The number of pyridine rings is 1. The third kappa shape index (κ3) is 4.13. The first-order valence-corrected chi connectivity index (χ1v) is 8.58. The van der Waals surface area contributed by atoms with Crippen LogP contribution in [0.25, 0.3) is 0 Å². The molecule has 1 atom stereocenters. The van der Waals surface area contributed by atoms with Gasteiger partial charge in [-0.1, -0.05) is 6.92 Å². The van der Waals surface area contributed by atoms with E-state index in [0.29, 0.717) is 10.8 Å². The molecule has 0 spiro atoms. The van der Waals surface area contributed by atoms with Crippen molar-refractivity contribution in [1.82, 2.24) is 10.3 Å². The number of anilines is 1. The van der Waals surface area contributed by atoms with Crippen molar-refractivity contribution in [3.63, 3.8) is 0 Å². The van der Waals surface area contributed by atoms with Gasteiger partial charge in [0.05, 0.1) is 17.6 Å². The van der Waals surface area contributed by atoms with Crippen molar-refractivity contribution in [1.29, 1.82) is 0 Å². The van der Waals surface area contributed by atoms with Gasteiger partial charge in [-0.3, -0.25) is 4.98 Å². The Labute approximate surface area is 127 Å². The molecule has 1 fully saturated rings. The van der Waals surface area contributed by atoms with Crippen LogP contribution in [0.2, 0.25) is 0 Å². The monoisotopic (exact) mass is 293 g/mol. The maximum atomic E-state index is 4.64. The van der Waals surface area contributed by atoms with E-state index < -0.39 is 0 Å². The minimum Gasteiger partial charge on any atom is -0.368 e. The number of hydrogen-bond donors (Lipinski definition) is 1. The first-order chi connectivity index (χ1) is 9.52. The Morgan fingerprint density at radius 3 is 2.85 bits per heavy atom. The summed E-state index contributed by atoms with van der Waals surface area (Å²) in [6.45, 7) is 12.3. The van der Waals surface area contributed by atoms with Gasteiger partial charge < -0.3 is 10.2 Å². The molecule has 2 rings (SSSR count). The van der Waals surface area contributed by atoms with E-state index in [9.17, 15) is 0 Å². The molecule has 0 aromatic carbocycles. The zero-order chi connectivity index (χ0) is 14.6. The molecule has 0 bridgehead atoms. The van der Waals surface area contributed by atoms with Crippen LogP contribution in [0, 0.1) is 0 Å². The summed E-state index contributed by atoms with van der Waals surface area (Å²) in [4.78, 5) is 7.10. The largest absolute Gasteiger partial charge is 0.368 e. The molecule has 20 heavy (non-hydrogen) atoms. The van der Waals surface area contributed by atoms with Crippen LogP contribution in [0.4, 0.5) is 5.69 Å². The molecule has 2 heterocycles. The molecule has 1 unspecified atom stereocenters. The van der Waals surface area contributed by atoms with Crippen LogP contribution in [0.5, 0.6) is 0 Å². The van der Waals surface area contributed by atoms with Gasteiger partial charge in [0.25, 0.3) is 0 Å². The fourth-order valence-electron chi connectivity index (χ4n) is 2.54. The van der Waals surface area contributed by atoms with Crippen molar-refractivity contribution in [3.05, 3.63) is 24.0 Å². The lowest BCUT2D eigenvalue weighted by Crippen LogP contribution is -2.43. The molecule has 1 aliphatic heterocycles. The van der Waals surface area contributed by atoms with Crippen molar-refractivity contribution in [2.45, 2.75) is 44.9 Å². The standard InChI is InChI=1S/C16H27N3S/c1-5-8-17-13(2)15-7-6-14(11-18-15)19-9-10-20-16(3,4)12-19/h6-7,11,13,17H,5,8-10,12H2,1-4H3. The molecule has 112 valence electrons. The number of nitrogens with one attached hydrogen (secondary N) is 1. The second-order valence-electron chi connectivity index (χ2n) is 6.15. The smallest absolute Gasteiger partial charge is 0.0572 e. The van der Waals surface area contributed by atoms with Gasteiger partial charge in [-0.05, 0) is 45.9 Å². The zero-order valence-corrected chi connectivity index (χ0v) is 14.0. The summed E-state index contributed by atoms with van der Waals surface area (Å²) in [7, 11) is 0. The van der Waals surface area contributed by atoms with Crippen molar-refractivity contribution >= 4 is 17.4 Å². The van der Waals surface area contributed by atoms with Crippen molar-refractivity contribution in [2.75, 3.05) is 30.3 Å². The molecule has 1 aromatic rings. The summed E-state index contributed by atoms with van der Waals surface area (Å²) in [5.74, 6) is 1.20. The lowest BCUT2D eigenvalue weighted by Gasteiger charge is -2.38. The highest BCUT2D eigenvalue weighted by molar-refractivity contribution is 8.00. The van der Waals surface area contributed by atoms with E-state index in [0.717, 1.165) is 31.7 Å². The molecule has 0 saturated carbocycles. The molecule has 3 nitrogen and oxygen atoms in total. The van der Waals surface area contributed by atoms with E-state index in [2.05, 4.69) is 66.8 Å². The van der Waals surface area contributed by atoms with Crippen LogP contribution < -0.4 is 10.2 Å². The maximum Gasteiger partial charge on any atom is 0.0572 e. The topological polar surface area (TPSA) is 28.2 Å². The lowest BCUT2D eigenvalue weighted by atomic mass is 10.1. The Balaban J connectivity index is 2.00. The minimum atomic E-state index is 0.331. The first-order valence-electron chi connectivity index (χ1n) is 7.60. The van der Waals surface area contributed by atoms with Crippen LogP contribution in [0.15, 0.2) is 18.3 Å². The molecule has 0 aliphatic carbocycles. The Morgan fingerprint density at radius 2 is 2.25 bits per heavy atom. The molecule has 1 N–H and O–H groups in total. The van der Waals surface area contributed by atoms with Crippen LogP contribution in [-0.4, -0.2) is 35.1 Å². The number of aromatic nitrogens is 1. The quantitative estimate of drug-likeness (QED) is 0.900. The Kier molecular flexibility index (Phi) is 5.33. The van der Waals surface area contributed by atoms with Gasteiger partial charge in [0.15, 0.2) is 0 Å². The highest BCUT2D eigenvalue weighted by Crippen LogP contribution is 2.32. The van der Waals surface area contributed by atoms with Crippen LogP contribution >= 0.6 is 11.8 Å². The van der Waals surface area contributed by atoms with Gasteiger partial charge in [0, 0.05) is 29.6 Å². The summed E-state index contributed by atoms with van der Waals surface area (Å²) in [6.07, 6.45) is 3.19. The lowest BCUT2D eigenvalue weighted by molar-refractivity contribution is 0.558. The summed E-state index contributed by atoms with van der Waals surface area (Å²) < 4.78 is 0.340. The summed E-state index contributed by atoms with van der Waals surface area (Å²) in [5.41, 5.74) is 2.39. The molecule has 0 radical (unpaired) electrons. The molecule has 4 heteroatoms. The van der Waals surface area contributed by atoms with Crippen molar-refractivity contribution in [3.8, 4) is 0 Å². The average molecular weight is 293 g/mol. The first kappa shape index (κ1) is 15.6. The number of hydrogen-bond acceptors (Lipinski definition) is 4. The summed E-state index contributed by atoms with van der Waals surface area (Å²) in [6, 6.07) is 4.72. The predicted octanol–water partition coefficient (Wildman–Crippen LogP) is 3.47. The summed E-state index contributed by atoms with van der Waals surface area (Å²) >= 11 is 2.06. The minimum absolute atomic E-state index is 0.331. The molecule has 1 aromatic heterocycles. The predicted molar refractivity (Wildman–Crippen MR) is 89.7 cm³/mol. The SMILES string of the molecule is CCCNC(C)c1ccc(N2CCSC(C)(C)C2)cn1. The second-order valence-corrected chi connectivity index (χ2v) is 7.95. The normalized spacial score (nSPS) is 19.9. The number of thioether (sulfide) groups is 1. The van der Waals surface area contributed by atoms with Gasteiger partial charge in [-0.2, -0.15) is 11.8 Å². The maximum absolute atomic E-state index is 4.64. The second kappa shape index (κ2) is 6.81. The molecule has 1 saturated heterocycles. The fourth-order valence-corrected chi connectivity index (χ4v) is 3.65. The van der Waals surface area contributed by atoms with E-state index >= 15 is 0 Å². The highest BCUT2D eigenvalue weighted by atomic mass is 32.2. The third-order valence-electron chi connectivity index (χ3n) is 3.71. The molecule has 1 aliphatic rings. The number of rotatable bonds is 5. The Hall–Kier alpha value is -0.740. The molecule has 0 amide bonds. The van der Waals surface area contributed by atoms with E-state index in [-0.39, 0.29) is 0 Å². The fraction of sp³-hybridized carbons (Fsp3) is 0.688. The van der Waals surface area contributed by atoms with E-state index in [4.69, 9.17) is 0 Å². The van der Waals surface area contributed by atoms with Crippen LogP contribution in [-0.2, 0) is 0 Å². The van der Waals surface area contributed by atoms with Gasteiger partial charge in [-0.15, -0.1) is 0 Å². The van der Waals surface area contributed by atoms with Gasteiger partial charge in [0.2, 0.25) is 0 Å². The van der Waals surface area contributed by atoms with E-state index in [1.807, 2.05) is 6.20 Å². The summed E-state index contributed by atoms with van der Waals surface area (Å²) in [5, 5.41) is 3.48. The molecular formula is C16H27N3S. The van der Waals surface area contributed by atoms with Crippen LogP contribution in [0.3, 0.4) is 0 Å². The van der Waals surface area contributed by atoms with Crippen molar-refractivity contribution in [2.24, 2.45) is 0 Å². The zero-order valence-electron chi connectivity index (χ0n) is 13.1. The van der Waals surface area contributed by atoms with Gasteiger partial charge in [-0.25, -0.2) is 0 Å². The van der Waals surface area contributed by atoms with Gasteiger partial charge in [0.1, 0.15) is 0 Å². The third-order valence-corrected chi connectivity index (χ3v) is 5.00. The van der Waals surface area contributed by atoms with Crippen molar-refractivity contribution < 1.29 is 0 Å².